The number of rotatable bonds is 5. The van der Waals surface area contributed by atoms with E-state index in [0.29, 0.717) is 28.8 Å². The molecule has 2 heterocycles. The zero-order valence-corrected chi connectivity index (χ0v) is 16.4. The lowest BCUT2D eigenvalue weighted by atomic mass is 10.2. The molecule has 29 heavy (non-hydrogen) atoms. The van der Waals surface area contributed by atoms with Crippen LogP contribution >= 0.6 is 0 Å². The van der Waals surface area contributed by atoms with Crippen molar-refractivity contribution >= 4 is 29.0 Å². The summed E-state index contributed by atoms with van der Waals surface area (Å²) in [4.78, 5) is 24.5. The second-order valence-electron chi connectivity index (χ2n) is 6.71. The molecule has 1 amide bonds. The van der Waals surface area contributed by atoms with E-state index in [1.165, 1.54) is 4.90 Å². The van der Waals surface area contributed by atoms with E-state index in [1.807, 2.05) is 48.3 Å². The van der Waals surface area contributed by atoms with E-state index in [2.05, 4.69) is 15.3 Å². The Morgan fingerprint density at radius 1 is 1.07 bits per heavy atom. The summed E-state index contributed by atoms with van der Waals surface area (Å²) < 4.78 is 11.0. The number of hydrogen-bond acceptors (Lipinski definition) is 7. The lowest BCUT2D eigenvalue weighted by Gasteiger charge is -2.20. The maximum Gasteiger partial charge on any atom is 0.253 e. The van der Waals surface area contributed by atoms with Gasteiger partial charge in [-0.1, -0.05) is 12.1 Å². The SMILES string of the molecule is CN(C)C(=O)c1cccc(Nc2nccc(N(C)c3cccc4c3OCO4)n2)c1. The highest BCUT2D eigenvalue weighted by atomic mass is 16.7. The summed E-state index contributed by atoms with van der Waals surface area (Å²) in [6.45, 7) is 0.207. The van der Waals surface area contributed by atoms with E-state index in [-0.39, 0.29) is 12.7 Å². The Bertz CT molecular complexity index is 1050. The van der Waals surface area contributed by atoms with Crippen LogP contribution in [0.4, 0.5) is 23.1 Å². The number of hydrogen-bond donors (Lipinski definition) is 1. The molecule has 1 aliphatic rings. The van der Waals surface area contributed by atoms with Crippen molar-refractivity contribution in [1.82, 2.24) is 14.9 Å². The summed E-state index contributed by atoms with van der Waals surface area (Å²) in [5.74, 6) is 2.45. The molecular weight excluding hydrogens is 370 g/mol. The fraction of sp³-hybridized carbons (Fsp3) is 0.190. The van der Waals surface area contributed by atoms with Crippen LogP contribution in [-0.2, 0) is 0 Å². The summed E-state index contributed by atoms with van der Waals surface area (Å²) in [6, 6.07) is 14.8. The van der Waals surface area contributed by atoms with Crippen molar-refractivity contribution in [2.45, 2.75) is 0 Å². The molecule has 8 heteroatoms. The average molecular weight is 391 g/mol. The van der Waals surface area contributed by atoms with E-state index in [0.717, 1.165) is 11.4 Å². The summed E-state index contributed by atoms with van der Waals surface area (Å²) in [5, 5.41) is 3.16. The van der Waals surface area contributed by atoms with E-state index < -0.39 is 0 Å². The van der Waals surface area contributed by atoms with Crippen LogP contribution in [0.25, 0.3) is 0 Å². The van der Waals surface area contributed by atoms with Crippen molar-refractivity contribution < 1.29 is 14.3 Å². The Kier molecular flexibility index (Phi) is 4.90. The third-order valence-corrected chi connectivity index (χ3v) is 4.49. The number of ether oxygens (including phenoxy) is 2. The molecule has 4 rings (SSSR count). The average Bonchev–Trinajstić information content (AvgIpc) is 3.22. The van der Waals surface area contributed by atoms with Gasteiger partial charge in [-0.15, -0.1) is 0 Å². The number of para-hydroxylation sites is 1. The van der Waals surface area contributed by atoms with Gasteiger partial charge in [-0.25, -0.2) is 4.98 Å². The molecule has 0 spiro atoms. The van der Waals surface area contributed by atoms with Gasteiger partial charge >= 0.3 is 0 Å². The topological polar surface area (TPSA) is 79.8 Å². The molecule has 2 aromatic carbocycles. The molecule has 0 saturated carbocycles. The predicted octanol–water partition coefficient (Wildman–Crippen LogP) is 3.42. The van der Waals surface area contributed by atoms with Crippen LogP contribution in [0.1, 0.15) is 10.4 Å². The Balaban J connectivity index is 1.58. The summed E-state index contributed by atoms with van der Waals surface area (Å²) in [7, 11) is 5.35. The van der Waals surface area contributed by atoms with Crippen LogP contribution in [0, 0.1) is 0 Å². The van der Waals surface area contributed by atoms with E-state index >= 15 is 0 Å². The largest absolute Gasteiger partial charge is 0.454 e. The first kappa shape index (κ1) is 18.5. The lowest BCUT2D eigenvalue weighted by Crippen LogP contribution is -2.21. The van der Waals surface area contributed by atoms with E-state index in [1.54, 1.807) is 32.4 Å². The number of amides is 1. The maximum absolute atomic E-state index is 12.2. The van der Waals surface area contributed by atoms with Crippen LogP contribution in [0.2, 0.25) is 0 Å². The fourth-order valence-corrected chi connectivity index (χ4v) is 3.02. The first-order chi connectivity index (χ1) is 14.0. The van der Waals surface area contributed by atoms with Crippen LogP contribution in [0.15, 0.2) is 54.7 Å². The third-order valence-electron chi connectivity index (χ3n) is 4.49. The Labute approximate surface area is 168 Å². The van der Waals surface area contributed by atoms with Gasteiger partial charge in [-0.3, -0.25) is 4.79 Å². The first-order valence-electron chi connectivity index (χ1n) is 9.07. The predicted molar refractivity (Wildman–Crippen MR) is 110 cm³/mol. The third kappa shape index (κ3) is 3.77. The summed E-state index contributed by atoms with van der Waals surface area (Å²) >= 11 is 0. The minimum absolute atomic E-state index is 0.0665. The van der Waals surface area contributed by atoms with Crippen molar-refractivity contribution in [1.29, 1.82) is 0 Å². The molecule has 0 saturated heterocycles. The van der Waals surface area contributed by atoms with Gasteiger partial charge in [0.25, 0.3) is 5.91 Å². The smallest absolute Gasteiger partial charge is 0.253 e. The quantitative estimate of drug-likeness (QED) is 0.714. The lowest BCUT2D eigenvalue weighted by molar-refractivity contribution is 0.0827. The minimum atomic E-state index is -0.0665. The van der Waals surface area contributed by atoms with Crippen molar-refractivity contribution in [2.24, 2.45) is 0 Å². The molecule has 0 unspecified atom stereocenters. The molecule has 0 radical (unpaired) electrons. The first-order valence-corrected chi connectivity index (χ1v) is 9.07. The molecule has 0 bridgehead atoms. The second kappa shape index (κ2) is 7.67. The zero-order valence-electron chi connectivity index (χ0n) is 16.4. The number of benzene rings is 2. The van der Waals surface area contributed by atoms with Gasteiger partial charge in [0.1, 0.15) is 5.82 Å². The van der Waals surface area contributed by atoms with Crippen molar-refractivity contribution in [3.05, 3.63) is 60.3 Å². The number of anilines is 4. The Morgan fingerprint density at radius 2 is 1.90 bits per heavy atom. The normalized spacial score (nSPS) is 11.8. The molecule has 1 N–H and O–H groups in total. The zero-order chi connectivity index (χ0) is 20.4. The Hall–Kier alpha value is -3.81. The van der Waals surface area contributed by atoms with Gasteiger partial charge in [0, 0.05) is 38.6 Å². The molecule has 8 nitrogen and oxygen atoms in total. The molecule has 1 aromatic heterocycles. The van der Waals surface area contributed by atoms with Gasteiger partial charge in [0.2, 0.25) is 12.7 Å². The van der Waals surface area contributed by atoms with E-state index in [4.69, 9.17) is 9.47 Å². The highest BCUT2D eigenvalue weighted by Crippen LogP contribution is 2.42. The van der Waals surface area contributed by atoms with Gasteiger partial charge in [0.15, 0.2) is 11.5 Å². The summed E-state index contributed by atoms with van der Waals surface area (Å²) in [6.07, 6.45) is 1.68. The minimum Gasteiger partial charge on any atom is -0.454 e. The Morgan fingerprint density at radius 3 is 2.72 bits per heavy atom. The number of nitrogens with one attached hydrogen (secondary N) is 1. The highest BCUT2D eigenvalue weighted by molar-refractivity contribution is 5.94. The van der Waals surface area contributed by atoms with Crippen molar-refractivity contribution in [2.75, 3.05) is 38.2 Å². The molecule has 0 atom stereocenters. The number of carbonyl (C=O) groups excluding carboxylic acids is 1. The second-order valence-corrected chi connectivity index (χ2v) is 6.71. The molecule has 0 fully saturated rings. The number of carbonyl (C=O) groups is 1. The number of fused-ring (bicyclic) bond motifs is 1. The van der Waals surface area contributed by atoms with E-state index in [9.17, 15) is 4.79 Å². The highest BCUT2D eigenvalue weighted by Gasteiger charge is 2.21. The van der Waals surface area contributed by atoms with Crippen molar-refractivity contribution in [3.8, 4) is 11.5 Å². The monoisotopic (exact) mass is 391 g/mol. The van der Waals surface area contributed by atoms with Gasteiger partial charge in [0.05, 0.1) is 5.69 Å². The maximum atomic E-state index is 12.2. The van der Waals surface area contributed by atoms with Gasteiger partial charge in [-0.2, -0.15) is 4.98 Å². The molecule has 3 aromatic rings. The van der Waals surface area contributed by atoms with Gasteiger partial charge in [-0.05, 0) is 36.4 Å². The van der Waals surface area contributed by atoms with Crippen LogP contribution in [0.5, 0.6) is 11.5 Å². The van der Waals surface area contributed by atoms with Crippen LogP contribution in [-0.4, -0.2) is 48.7 Å². The molecule has 0 aliphatic carbocycles. The van der Waals surface area contributed by atoms with Crippen LogP contribution < -0.4 is 19.7 Å². The van der Waals surface area contributed by atoms with Crippen LogP contribution in [0.3, 0.4) is 0 Å². The molecule has 1 aliphatic heterocycles. The molecule has 148 valence electrons. The van der Waals surface area contributed by atoms with Gasteiger partial charge < -0.3 is 24.6 Å². The standard InChI is InChI=1S/C21H21N5O3/c1-25(2)20(27)14-6-4-7-15(12-14)23-21-22-11-10-18(24-21)26(3)16-8-5-9-17-19(16)29-13-28-17/h4-12H,13H2,1-3H3,(H,22,23,24). The summed E-state index contributed by atoms with van der Waals surface area (Å²) in [5.41, 5.74) is 2.17. The molecular formula is C21H21N5O3. The number of aromatic nitrogens is 2. The number of nitrogens with zero attached hydrogens (tertiary/aromatic N) is 4. The van der Waals surface area contributed by atoms with Crippen molar-refractivity contribution in [3.63, 3.8) is 0 Å². The fourth-order valence-electron chi connectivity index (χ4n) is 3.02.